The molecule has 2 bridgehead atoms. The first-order valence-electron chi connectivity index (χ1n) is 8.29. The number of pyridine rings is 1. The SMILES string of the molecule is C=C[C@H]1CN2CCC1C[C@@H]2[C@@H](O)c1ccnc2ccc(O)cc12. The lowest BCUT2D eigenvalue weighted by molar-refractivity contribution is -0.0444. The summed E-state index contributed by atoms with van der Waals surface area (Å²) in [6.07, 6.45) is 5.44. The average Bonchev–Trinajstić information content (AvgIpc) is 2.60. The minimum absolute atomic E-state index is 0.137. The van der Waals surface area contributed by atoms with E-state index in [1.165, 1.54) is 6.42 Å². The van der Waals surface area contributed by atoms with E-state index in [0.717, 1.165) is 36.0 Å². The molecule has 3 saturated heterocycles. The summed E-state index contributed by atoms with van der Waals surface area (Å²) < 4.78 is 0. The lowest BCUT2D eigenvalue weighted by Crippen LogP contribution is -2.54. The molecule has 5 rings (SSSR count). The molecule has 3 fully saturated rings. The smallest absolute Gasteiger partial charge is 0.116 e. The first-order chi connectivity index (χ1) is 11.2. The molecule has 0 radical (unpaired) electrons. The third-order valence-corrected chi connectivity index (χ3v) is 5.60. The van der Waals surface area contributed by atoms with Crippen molar-refractivity contribution in [2.24, 2.45) is 11.8 Å². The van der Waals surface area contributed by atoms with Gasteiger partial charge in [-0.2, -0.15) is 0 Å². The molecular weight excluding hydrogens is 288 g/mol. The Morgan fingerprint density at radius 2 is 2.22 bits per heavy atom. The zero-order valence-corrected chi connectivity index (χ0v) is 13.1. The summed E-state index contributed by atoms with van der Waals surface area (Å²) in [5, 5.41) is 21.7. The van der Waals surface area contributed by atoms with Crippen molar-refractivity contribution in [2.75, 3.05) is 13.1 Å². The molecule has 4 heterocycles. The Balaban J connectivity index is 1.69. The van der Waals surface area contributed by atoms with Gasteiger partial charge in [-0.05, 0) is 61.1 Å². The molecule has 2 N–H and O–H groups in total. The van der Waals surface area contributed by atoms with Crippen LogP contribution in [-0.4, -0.2) is 39.2 Å². The highest BCUT2D eigenvalue weighted by molar-refractivity contribution is 5.83. The summed E-state index contributed by atoms with van der Waals surface area (Å²) in [6, 6.07) is 7.14. The van der Waals surface area contributed by atoms with Gasteiger partial charge in [-0.15, -0.1) is 6.58 Å². The van der Waals surface area contributed by atoms with E-state index >= 15 is 0 Å². The van der Waals surface area contributed by atoms with E-state index in [-0.39, 0.29) is 11.8 Å². The number of benzene rings is 1. The molecule has 4 nitrogen and oxygen atoms in total. The fourth-order valence-corrected chi connectivity index (χ4v) is 4.33. The van der Waals surface area contributed by atoms with Gasteiger partial charge in [0.15, 0.2) is 0 Å². The molecule has 0 spiro atoms. The van der Waals surface area contributed by atoms with E-state index < -0.39 is 6.10 Å². The Morgan fingerprint density at radius 1 is 1.35 bits per heavy atom. The molecule has 23 heavy (non-hydrogen) atoms. The van der Waals surface area contributed by atoms with Gasteiger partial charge in [0.1, 0.15) is 5.75 Å². The van der Waals surface area contributed by atoms with Crippen LogP contribution in [0.4, 0.5) is 0 Å². The van der Waals surface area contributed by atoms with Crippen LogP contribution in [-0.2, 0) is 0 Å². The van der Waals surface area contributed by atoms with Gasteiger partial charge >= 0.3 is 0 Å². The first kappa shape index (κ1) is 14.7. The van der Waals surface area contributed by atoms with Crippen molar-refractivity contribution in [1.82, 2.24) is 9.88 Å². The molecule has 0 amide bonds. The second-order valence-corrected chi connectivity index (χ2v) is 6.79. The number of fused-ring (bicyclic) bond motifs is 4. The largest absolute Gasteiger partial charge is 0.508 e. The van der Waals surface area contributed by atoms with Gasteiger partial charge in [0.25, 0.3) is 0 Å². The molecular formula is C19H22N2O2. The average molecular weight is 310 g/mol. The number of aliphatic hydroxyl groups is 1. The van der Waals surface area contributed by atoms with Crippen molar-refractivity contribution in [3.8, 4) is 5.75 Å². The summed E-state index contributed by atoms with van der Waals surface area (Å²) in [7, 11) is 0. The van der Waals surface area contributed by atoms with Crippen molar-refractivity contribution in [3.63, 3.8) is 0 Å². The van der Waals surface area contributed by atoms with Gasteiger partial charge in [-0.1, -0.05) is 6.08 Å². The van der Waals surface area contributed by atoms with Crippen LogP contribution in [0.1, 0.15) is 24.5 Å². The van der Waals surface area contributed by atoms with Crippen LogP contribution < -0.4 is 0 Å². The zero-order chi connectivity index (χ0) is 16.0. The molecule has 5 atom stereocenters. The number of hydrogen-bond acceptors (Lipinski definition) is 4. The van der Waals surface area contributed by atoms with Crippen molar-refractivity contribution in [3.05, 3.63) is 48.7 Å². The van der Waals surface area contributed by atoms with Crippen LogP contribution in [0.5, 0.6) is 5.75 Å². The normalized spacial score (nSPS) is 31.2. The van der Waals surface area contributed by atoms with E-state index in [2.05, 4.69) is 22.5 Å². The molecule has 0 aliphatic carbocycles. The summed E-state index contributed by atoms with van der Waals surface area (Å²) in [4.78, 5) is 6.73. The van der Waals surface area contributed by atoms with E-state index in [1.54, 1.807) is 24.4 Å². The van der Waals surface area contributed by atoms with E-state index in [4.69, 9.17) is 0 Å². The van der Waals surface area contributed by atoms with Crippen LogP contribution in [0.3, 0.4) is 0 Å². The third kappa shape index (κ3) is 2.42. The molecule has 1 aromatic heterocycles. The van der Waals surface area contributed by atoms with E-state index in [0.29, 0.717) is 11.8 Å². The quantitative estimate of drug-likeness (QED) is 0.856. The number of piperidine rings is 3. The number of aromatic hydroxyl groups is 1. The number of aromatic nitrogens is 1. The highest BCUT2D eigenvalue weighted by Crippen LogP contribution is 2.42. The second-order valence-electron chi connectivity index (χ2n) is 6.79. The van der Waals surface area contributed by atoms with E-state index in [9.17, 15) is 10.2 Å². The molecule has 4 heteroatoms. The van der Waals surface area contributed by atoms with Crippen LogP contribution >= 0.6 is 0 Å². The topological polar surface area (TPSA) is 56.6 Å². The minimum Gasteiger partial charge on any atom is -0.508 e. The molecule has 3 aliphatic rings. The lowest BCUT2D eigenvalue weighted by atomic mass is 9.73. The van der Waals surface area contributed by atoms with Gasteiger partial charge < -0.3 is 10.2 Å². The maximum absolute atomic E-state index is 11.0. The summed E-state index contributed by atoms with van der Waals surface area (Å²) in [6.45, 7) is 5.99. The Hall–Kier alpha value is -1.91. The fraction of sp³-hybridized carbons (Fsp3) is 0.421. The molecule has 120 valence electrons. The van der Waals surface area contributed by atoms with Crippen molar-refractivity contribution >= 4 is 10.9 Å². The third-order valence-electron chi connectivity index (χ3n) is 5.60. The predicted molar refractivity (Wildman–Crippen MR) is 90.1 cm³/mol. The Labute approximate surface area is 136 Å². The number of rotatable bonds is 3. The Kier molecular flexibility index (Phi) is 3.58. The molecule has 0 saturated carbocycles. The van der Waals surface area contributed by atoms with Gasteiger partial charge in [0, 0.05) is 24.2 Å². The maximum atomic E-state index is 11.0. The number of aliphatic hydroxyl groups excluding tert-OH is 1. The standard InChI is InChI=1S/C19H22N2O2/c1-2-12-11-21-8-6-13(12)9-18(21)19(23)15-5-7-20-17-4-3-14(22)10-16(15)17/h2-5,7,10,12-13,18-19,22-23H,1,6,8-9,11H2/t12-,13?,18+,19-/m0/s1. The monoisotopic (exact) mass is 310 g/mol. The molecule has 1 aromatic carbocycles. The number of nitrogens with zero attached hydrogens (tertiary/aromatic N) is 2. The Bertz CT molecular complexity index is 745. The van der Waals surface area contributed by atoms with Crippen molar-refractivity contribution in [1.29, 1.82) is 0 Å². The second kappa shape index (κ2) is 5.62. The van der Waals surface area contributed by atoms with Gasteiger partial charge in [0.2, 0.25) is 0 Å². The summed E-state index contributed by atoms with van der Waals surface area (Å²) >= 11 is 0. The summed E-state index contributed by atoms with van der Waals surface area (Å²) in [5.41, 5.74) is 1.66. The predicted octanol–water partition coefficient (Wildman–Crippen LogP) is 2.87. The van der Waals surface area contributed by atoms with Crippen molar-refractivity contribution < 1.29 is 10.2 Å². The minimum atomic E-state index is -0.559. The van der Waals surface area contributed by atoms with Crippen molar-refractivity contribution in [2.45, 2.75) is 25.0 Å². The van der Waals surface area contributed by atoms with Crippen LogP contribution in [0.2, 0.25) is 0 Å². The van der Waals surface area contributed by atoms with Gasteiger partial charge in [-0.3, -0.25) is 9.88 Å². The molecule has 2 unspecified atom stereocenters. The number of phenols is 1. The highest BCUT2D eigenvalue weighted by atomic mass is 16.3. The number of hydrogen-bond donors (Lipinski definition) is 2. The van der Waals surface area contributed by atoms with Crippen LogP contribution in [0, 0.1) is 11.8 Å². The van der Waals surface area contributed by atoms with Gasteiger partial charge in [-0.25, -0.2) is 0 Å². The fourth-order valence-electron chi connectivity index (χ4n) is 4.33. The van der Waals surface area contributed by atoms with Crippen LogP contribution in [0.15, 0.2) is 43.1 Å². The van der Waals surface area contributed by atoms with E-state index in [1.807, 2.05) is 6.07 Å². The van der Waals surface area contributed by atoms with Crippen LogP contribution in [0.25, 0.3) is 10.9 Å². The van der Waals surface area contributed by atoms with Gasteiger partial charge in [0.05, 0.1) is 11.6 Å². The maximum Gasteiger partial charge on any atom is 0.116 e. The lowest BCUT2D eigenvalue weighted by Gasteiger charge is -2.50. The Morgan fingerprint density at radius 3 is 2.96 bits per heavy atom. The summed E-state index contributed by atoms with van der Waals surface area (Å²) in [5.74, 6) is 1.38. The first-order valence-corrected chi connectivity index (χ1v) is 8.29. The molecule has 3 aliphatic heterocycles. The zero-order valence-electron chi connectivity index (χ0n) is 13.1. The molecule has 2 aromatic rings. The number of phenolic OH excluding ortho intramolecular Hbond substituents is 1. The highest BCUT2D eigenvalue weighted by Gasteiger charge is 2.42.